The Kier molecular flexibility index (Phi) is 9.20. The highest BCUT2D eigenvalue weighted by atomic mass is 35.5. The third-order valence-electron chi connectivity index (χ3n) is 2.39. The van der Waals surface area contributed by atoms with Crippen molar-refractivity contribution in [3.8, 4) is 0 Å². The average Bonchev–Trinajstić information content (AvgIpc) is 2.88. The van der Waals surface area contributed by atoms with Crippen molar-refractivity contribution in [2.24, 2.45) is 0 Å². The van der Waals surface area contributed by atoms with Gasteiger partial charge >= 0.3 is 0 Å². The normalized spacial score (nSPS) is 11.3. The molecule has 1 unspecified atom stereocenters. The Bertz CT molecular complexity index is 384. The molecule has 108 valence electrons. The van der Waals surface area contributed by atoms with E-state index < -0.39 is 6.04 Å². The first-order valence-corrected chi connectivity index (χ1v) is 6.79. The summed E-state index contributed by atoms with van der Waals surface area (Å²) in [6.45, 7) is 3.15. The molecule has 1 heterocycles. The second kappa shape index (κ2) is 9.77. The van der Waals surface area contributed by atoms with Gasteiger partial charge in [-0.05, 0) is 38.4 Å². The van der Waals surface area contributed by atoms with Crippen LogP contribution in [0.4, 0.5) is 0 Å². The minimum absolute atomic E-state index is 0. The average molecular weight is 306 g/mol. The number of carbonyl (C=O) groups excluding carboxylic acids is 2. The van der Waals surface area contributed by atoms with E-state index in [4.69, 9.17) is 0 Å². The van der Waals surface area contributed by atoms with Crippen LogP contribution in [0, 0.1) is 0 Å². The zero-order chi connectivity index (χ0) is 13.4. The molecule has 0 fully saturated rings. The van der Waals surface area contributed by atoms with Gasteiger partial charge in [0.25, 0.3) is 5.91 Å². The van der Waals surface area contributed by atoms with Crippen LogP contribution in [0.5, 0.6) is 0 Å². The zero-order valence-corrected chi connectivity index (χ0v) is 12.7. The second-order valence-electron chi connectivity index (χ2n) is 3.92. The SMILES string of the molecule is CNCCCNC(=O)C(C)NC(=O)c1cccs1.Cl. The molecule has 1 atom stereocenters. The Balaban J connectivity index is 0.00000324. The minimum Gasteiger partial charge on any atom is -0.354 e. The van der Waals surface area contributed by atoms with E-state index in [0.717, 1.165) is 13.0 Å². The van der Waals surface area contributed by atoms with Gasteiger partial charge in [0, 0.05) is 6.54 Å². The summed E-state index contributed by atoms with van der Waals surface area (Å²) in [4.78, 5) is 24.0. The van der Waals surface area contributed by atoms with Crippen LogP contribution < -0.4 is 16.0 Å². The minimum atomic E-state index is -0.519. The molecular formula is C12H20ClN3O2S. The standard InChI is InChI=1S/C12H19N3O2S.ClH/c1-9(11(16)14-7-4-6-13-2)15-12(17)10-5-3-8-18-10;/h3,5,8-9,13H,4,6-7H2,1-2H3,(H,14,16)(H,15,17);1H. The summed E-state index contributed by atoms with van der Waals surface area (Å²) in [6, 6.07) is 3.02. The summed E-state index contributed by atoms with van der Waals surface area (Å²) < 4.78 is 0. The van der Waals surface area contributed by atoms with E-state index in [9.17, 15) is 9.59 Å². The van der Waals surface area contributed by atoms with Crippen LogP contribution in [0.1, 0.15) is 23.0 Å². The van der Waals surface area contributed by atoms with Crippen molar-refractivity contribution in [1.82, 2.24) is 16.0 Å². The molecule has 0 radical (unpaired) electrons. The number of rotatable bonds is 7. The van der Waals surface area contributed by atoms with Gasteiger partial charge in [-0.15, -0.1) is 23.7 Å². The summed E-state index contributed by atoms with van der Waals surface area (Å²) in [5, 5.41) is 10.3. The van der Waals surface area contributed by atoms with E-state index in [2.05, 4.69) is 16.0 Å². The molecular weight excluding hydrogens is 286 g/mol. The Labute approximate surface area is 123 Å². The first-order chi connectivity index (χ1) is 8.65. The van der Waals surface area contributed by atoms with Crippen molar-refractivity contribution in [1.29, 1.82) is 0 Å². The summed E-state index contributed by atoms with van der Waals surface area (Å²) in [6.07, 6.45) is 0.869. The van der Waals surface area contributed by atoms with Crippen LogP contribution in [-0.4, -0.2) is 38.0 Å². The van der Waals surface area contributed by atoms with Crippen molar-refractivity contribution in [3.63, 3.8) is 0 Å². The first kappa shape index (κ1) is 17.9. The first-order valence-electron chi connectivity index (χ1n) is 5.92. The lowest BCUT2D eigenvalue weighted by Crippen LogP contribution is -2.45. The molecule has 5 nitrogen and oxygen atoms in total. The molecule has 0 aromatic carbocycles. The number of halogens is 1. The largest absolute Gasteiger partial charge is 0.354 e. The van der Waals surface area contributed by atoms with Gasteiger partial charge in [0.2, 0.25) is 5.91 Å². The van der Waals surface area contributed by atoms with E-state index in [-0.39, 0.29) is 24.2 Å². The van der Waals surface area contributed by atoms with Gasteiger partial charge in [0.05, 0.1) is 4.88 Å². The van der Waals surface area contributed by atoms with Crippen molar-refractivity contribution in [3.05, 3.63) is 22.4 Å². The maximum absolute atomic E-state index is 11.7. The topological polar surface area (TPSA) is 70.2 Å². The Morgan fingerprint density at radius 3 is 2.68 bits per heavy atom. The number of nitrogens with one attached hydrogen (secondary N) is 3. The molecule has 0 saturated heterocycles. The van der Waals surface area contributed by atoms with Crippen molar-refractivity contribution in [2.75, 3.05) is 20.1 Å². The summed E-state index contributed by atoms with van der Waals surface area (Å²) in [7, 11) is 1.87. The number of thiophene rings is 1. The predicted octanol–water partition coefficient (Wildman–Crippen LogP) is 1.01. The van der Waals surface area contributed by atoms with Crippen LogP contribution in [0.2, 0.25) is 0 Å². The fraction of sp³-hybridized carbons (Fsp3) is 0.500. The van der Waals surface area contributed by atoms with Gasteiger partial charge in [-0.25, -0.2) is 0 Å². The number of carbonyl (C=O) groups is 2. The van der Waals surface area contributed by atoms with E-state index in [1.807, 2.05) is 18.5 Å². The lowest BCUT2D eigenvalue weighted by atomic mass is 10.3. The van der Waals surface area contributed by atoms with E-state index in [1.54, 1.807) is 13.0 Å². The molecule has 0 aliphatic rings. The summed E-state index contributed by atoms with van der Waals surface area (Å²) >= 11 is 1.36. The van der Waals surface area contributed by atoms with Gasteiger partial charge in [0.15, 0.2) is 0 Å². The van der Waals surface area contributed by atoms with Gasteiger partial charge < -0.3 is 16.0 Å². The van der Waals surface area contributed by atoms with Crippen molar-refractivity contribution >= 4 is 35.6 Å². The summed E-state index contributed by atoms with van der Waals surface area (Å²) in [5.41, 5.74) is 0. The molecule has 2 amide bonds. The van der Waals surface area contributed by atoms with E-state index in [1.165, 1.54) is 11.3 Å². The van der Waals surface area contributed by atoms with Crippen molar-refractivity contribution < 1.29 is 9.59 Å². The monoisotopic (exact) mass is 305 g/mol. The maximum atomic E-state index is 11.7. The molecule has 1 rings (SSSR count). The number of amides is 2. The van der Waals surface area contributed by atoms with Gasteiger partial charge in [-0.1, -0.05) is 6.07 Å². The quantitative estimate of drug-likeness (QED) is 0.659. The lowest BCUT2D eigenvalue weighted by molar-refractivity contribution is -0.122. The second-order valence-corrected chi connectivity index (χ2v) is 4.87. The smallest absolute Gasteiger partial charge is 0.261 e. The molecule has 0 spiro atoms. The van der Waals surface area contributed by atoms with Crippen LogP contribution in [0.15, 0.2) is 17.5 Å². The van der Waals surface area contributed by atoms with E-state index in [0.29, 0.717) is 11.4 Å². The third kappa shape index (κ3) is 6.56. The Morgan fingerprint density at radius 1 is 1.37 bits per heavy atom. The van der Waals surface area contributed by atoms with Crippen LogP contribution in [0.3, 0.4) is 0 Å². The highest BCUT2D eigenvalue weighted by Gasteiger charge is 2.16. The summed E-state index contributed by atoms with van der Waals surface area (Å²) in [5.74, 6) is -0.362. The number of hydrogen-bond acceptors (Lipinski definition) is 4. The van der Waals surface area contributed by atoms with Gasteiger partial charge in [-0.3, -0.25) is 9.59 Å². The Hall–Kier alpha value is -1.11. The lowest BCUT2D eigenvalue weighted by Gasteiger charge is -2.13. The molecule has 0 saturated carbocycles. The number of hydrogen-bond donors (Lipinski definition) is 3. The fourth-order valence-corrected chi connectivity index (χ4v) is 2.00. The third-order valence-corrected chi connectivity index (χ3v) is 3.26. The fourth-order valence-electron chi connectivity index (χ4n) is 1.37. The molecule has 0 bridgehead atoms. The van der Waals surface area contributed by atoms with Crippen LogP contribution in [-0.2, 0) is 4.79 Å². The van der Waals surface area contributed by atoms with Crippen molar-refractivity contribution in [2.45, 2.75) is 19.4 Å². The van der Waals surface area contributed by atoms with Crippen LogP contribution >= 0.6 is 23.7 Å². The Morgan fingerprint density at radius 2 is 2.11 bits per heavy atom. The molecule has 7 heteroatoms. The molecule has 0 aliphatic carbocycles. The van der Waals surface area contributed by atoms with E-state index >= 15 is 0 Å². The molecule has 0 aliphatic heterocycles. The van der Waals surface area contributed by atoms with Gasteiger partial charge in [0.1, 0.15) is 6.04 Å². The van der Waals surface area contributed by atoms with Gasteiger partial charge in [-0.2, -0.15) is 0 Å². The van der Waals surface area contributed by atoms with Crippen LogP contribution in [0.25, 0.3) is 0 Å². The molecule has 3 N–H and O–H groups in total. The molecule has 19 heavy (non-hydrogen) atoms. The predicted molar refractivity (Wildman–Crippen MR) is 80.0 cm³/mol. The molecule has 1 aromatic rings. The highest BCUT2D eigenvalue weighted by molar-refractivity contribution is 7.12. The maximum Gasteiger partial charge on any atom is 0.261 e. The molecule has 1 aromatic heterocycles. The highest BCUT2D eigenvalue weighted by Crippen LogP contribution is 2.07. The zero-order valence-electron chi connectivity index (χ0n) is 11.1.